The van der Waals surface area contributed by atoms with Gasteiger partial charge in [-0.1, -0.05) is 0 Å². The van der Waals surface area contributed by atoms with Gasteiger partial charge < -0.3 is 10.7 Å². The lowest BCUT2D eigenvalue weighted by Gasteiger charge is -2.07. The van der Waals surface area contributed by atoms with E-state index in [1.54, 1.807) is 29.8 Å². The molecule has 6 nitrogen and oxygen atoms in total. The molecule has 2 rings (SSSR count). The Morgan fingerprint density at radius 2 is 2.33 bits per heavy atom. The summed E-state index contributed by atoms with van der Waals surface area (Å²) >= 11 is 1.55. The number of nitrogens with one attached hydrogen (secondary N) is 2. The molecule has 0 bridgehead atoms. The number of nitrogen functional groups attached to an aromatic ring is 1. The number of anilines is 1. The minimum atomic E-state index is -0.220. The van der Waals surface area contributed by atoms with Crippen molar-refractivity contribution in [3.63, 3.8) is 0 Å². The van der Waals surface area contributed by atoms with Crippen molar-refractivity contribution in [3.8, 4) is 0 Å². The van der Waals surface area contributed by atoms with E-state index in [0.717, 1.165) is 9.88 Å². The summed E-state index contributed by atoms with van der Waals surface area (Å²) < 4.78 is 0. The molecule has 94 valence electrons. The van der Waals surface area contributed by atoms with E-state index in [1.165, 1.54) is 6.20 Å². The molecule has 18 heavy (non-hydrogen) atoms. The molecule has 0 spiro atoms. The van der Waals surface area contributed by atoms with Crippen LogP contribution in [0.3, 0.4) is 0 Å². The van der Waals surface area contributed by atoms with E-state index in [4.69, 9.17) is 5.84 Å². The lowest BCUT2D eigenvalue weighted by atomic mass is 10.2. The first-order valence-corrected chi connectivity index (χ1v) is 6.12. The molecule has 0 atom stereocenters. The van der Waals surface area contributed by atoms with Gasteiger partial charge in [0.25, 0.3) is 5.91 Å². The topological polar surface area (TPSA) is 92.9 Å². The number of aromatic nitrogens is 2. The summed E-state index contributed by atoms with van der Waals surface area (Å²) in [4.78, 5) is 21.0. The lowest BCUT2D eigenvalue weighted by Crippen LogP contribution is -2.24. The van der Waals surface area contributed by atoms with Crippen molar-refractivity contribution in [2.45, 2.75) is 13.5 Å². The van der Waals surface area contributed by atoms with Crippen molar-refractivity contribution in [2.24, 2.45) is 5.84 Å². The van der Waals surface area contributed by atoms with E-state index >= 15 is 0 Å². The molecular formula is C11H13N5OS. The van der Waals surface area contributed by atoms with E-state index in [9.17, 15) is 4.79 Å². The Morgan fingerprint density at radius 3 is 3.00 bits per heavy atom. The Hall–Kier alpha value is -1.99. The number of nitrogens with zero attached hydrogens (tertiary/aromatic N) is 2. The molecule has 0 radical (unpaired) electrons. The average molecular weight is 263 g/mol. The fourth-order valence-electron chi connectivity index (χ4n) is 1.45. The Bertz CT molecular complexity index is 554. The summed E-state index contributed by atoms with van der Waals surface area (Å²) in [6.45, 7) is 2.37. The van der Waals surface area contributed by atoms with Gasteiger partial charge in [-0.05, 0) is 13.0 Å². The molecule has 0 aliphatic carbocycles. The number of thiazole rings is 1. The lowest BCUT2D eigenvalue weighted by molar-refractivity contribution is 0.0951. The highest BCUT2D eigenvalue weighted by atomic mass is 32.1. The second-order valence-corrected chi connectivity index (χ2v) is 4.91. The fourth-order valence-corrected chi connectivity index (χ4v) is 2.19. The molecule has 0 aromatic carbocycles. The third kappa shape index (κ3) is 2.82. The monoisotopic (exact) mass is 263 g/mol. The van der Waals surface area contributed by atoms with Crippen LogP contribution in [0.15, 0.2) is 24.7 Å². The molecule has 1 amide bonds. The van der Waals surface area contributed by atoms with Crippen LogP contribution < -0.4 is 16.6 Å². The van der Waals surface area contributed by atoms with E-state index in [2.05, 4.69) is 20.7 Å². The number of pyridine rings is 1. The summed E-state index contributed by atoms with van der Waals surface area (Å²) in [5.41, 5.74) is 3.43. The summed E-state index contributed by atoms with van der Waals surface area (Å²) in [5, 5.41) is 3.78. The third-order valence-corrected chi connectivity index (χ3v) is 3.23. The number of nitrogens with two attached hydrogens (primary N) is 1. The number of hydrazine groups is 1. The first-order valence-electron chi connectivity index (χ1n) is 5.31. The van der Waals surface area contributed by atoms with E-state index in [0.29, 0.717) is 17.8 Å². The number of carbonyl (C=O) groups excluding carboxylic acids is 1. The number of rotatable bonds is 4. The molecule has 0 saturated heterocycles. The van der Waals surface area contributed by atoms with Crippen LogP contribution in [0.25, 0.3) is 0 Å². The largest absolute Gasteiger partial charge is 0.347 e. The van der Waals surface area contributed by atoms with E-state index < -0.39 is 0 Å². The van der Waals surface area contributed by atoms with Crippen molar-refractivity contribution >= 4 is 22.9 Å². The molecule has 7 heteroatoms. The predicted molar refractivity (Wildman–Crippen MR) is 70.1 cm³/mol. The molecule has 4 N–H and O–H groups in total. The van der Waals surface area contributed by atoms with Crippen molar-refractivity contribution in [1.29, 1.82) is 0 Å². The quantitative estimate of drug-likeness (QED) is 0.566. The van der Waals surface area contributed by atoms with Crippen LogP contribution >= 0.6 is 11.3 Å². The van der Waals surface area contributed by atoms with Crippen molar-refractivity contribution in [2.75, 3.05) is 5.43 Å². The predicted octanol–water partition coefficient (Wildman–Crippen LogP) is 1.06. The zero-order valence-corrected chi connectivity index (χ0v) is 10.6. The smallest absolute Gasteiger partial charge is 0.255 e. The maximum atomic E-state index is 11.9. The van der Waals surface area contributed by atoms with Crippen molar-refractivity contribution in [1.82, 2.24) is 15.3 Å². The highest BCUT2D eigenvalue weighted by molar-refractivity contribution is 7.11. The molecule has 0 aliphatic heterocycles. The number of hydrogen-bond donors (Lipinski definition) is 3. The summed E-state index contributed by atoms with van der Waals surface area (Å²) in [7, 11) is 0. The van der Waals surface area contributed by atoms with Gasteiger partial charge in [0.1, 0.15) is 0 Å². The Morgan fingerprint density at radius 1 is 1.50 bits per heavy atom. The zero-order valence-electron chi connectivity index (χ0n) is 9.80. The van der Waals surface area contributed by atoms with Crippen LogP contribution in [-0.4, -0.2) is 15.9 Å². The van der Waals surface area contributed by atoms with Crippen LogP contribution in [0.1, 0.15) is 20.2 Å². The van der Waals surface area contributed by atoms with Gasteiger partial charge in [-0.25, -0.2) is 4.98 Å². The van der Waals surface area contributed by atoms with E-state index in [-0.39, 0.29) is 5.91 Å². The summed E-state index contributed by atoms with van der Waals surface area (Å²) in [6, 6.07) is 1.64. The van der Waals surface area contributed by atoms with Crippen LogP contribution in [0.2, 0.25) is 0 Å². The number of hydrogen-bond acceptors (Lipinski definition) is 6. The average Bonchev–Trinajstić information content (AvgIpc) is 2.81. The third-order valence-electron chi connectivity index (χ3n) is 2.31. The second kappa shape index (κ2) is 5.56. The zero-order chi connectivity index (χ0) is 13.0. The van der Waals surface area contributed by atoms with Gasteiger partial charge in [-0.15, -0.1) is 11.3 Å². The SMILES string of the molecule is Cc1ncc(CNC(=O)c2cnccc2NN)s1. The molecule has 2 aromatic heterocycles. The highest BCUT2D eigenvalue weighted by Gasteiger charge is 2.10. The molecule has 2 aromatic rings. The standard InChI is InChI=1S/C11H13N5OS/c1-7-14-4-8(18-7)5-15-11(17)9-6-13-3-2-10(9)16-12/h2-4,6H,5,12H2,1H3,(H,13,16)(H,15,17). The van der Waals surface area contributed by atoms with Gasteiger partial charge in [0.05, 0.1) is 22.8 Å². The number of amides is 1. The van der Waals surface area contributed by atoms with Gasteiger partial charge in [-0.3, -0.25) is 15.6 Å². The van der Waals surface area contributed by atoms with Crippen LogP contribution in [-0.2, 0) is 6.54 Å². The van der Waals surface area contributed by atoms with Crippen LogP contribution in [0, 0.1) is 6.92 Å². The Kier molecular flexibility index (Phi) is 3.85. The first-order chi connectivity index (χ1) is 8.70. The number of aryl methyl sites for hydroxylation is 1. The number of carbonyl (C=O) groups is 1. The summed E-state index contributed by atoms with van der Waals surface area (Å²) in [5.74, 6) is 5.11. The second-order valence-electron chi connectivity index (χ2n) is 3.59. The van der Waals surface area contributed by atoms with Gasteiger partial charge in [0.15, 0.2) is 0 Å². The molecular weight excluding hydrogens is 250 g/mol. The molecule has 0 aliphatic rings. The van der Waals surface area contributed by atoms with Gasteiger partial charge in [-0.2, -0.15) is 0 Å². The van der Waals surface area contributed by atoms with Crippen molar-refractivity contribution in [3.05, 3.63) is 40.1 Å². The Balaban J connectivity index is 2.03. The maximum absolute atomic E-state index is 11.9. The maximum Gasteiger partial charge on any atom is 0.255 e. The fraction of sp³-hybridized carbons (Fsp3) is 0.182. The van der Waals surface area contributed by atoms with Gasteiger partial charge in [0, 0.05) is 23.5 Å². The molecule has 0 saturated carbocycles. The van der Waals surface area contributed by atoms with Gasteiger partial charge >= 0.3 is 0 Å². The first kappa shape index (κ1) is 12.5. The normalized spacial score (nSPS) is 10.1. The van der Waals surface area contributed by atoms with Crippen LogP contribution in [0.5, 0.6) is 0 Å². The molecule has 0 fully saturated rings. The molecule has 2 heterocycles. The minimum Gasteiger partial charge on any atom is -0.347 e. The van der Waals surface area contributed by atoms with Crippen molar-refractivity contribution < 1.29 is 4.79 Å². The molecule has 0 unspecified atom stereocenters. The highest BCUT2D eigenvalue weighted by Crippen LogP contribution is 2.13. The summed E-state index contributed by atoms with van der Waals surface area (Å²) in [6.07, 6.45) is 4.80. The van der Waals surface area contributed by atoms with Crippen LogP contribution in [0.4, 0.5) is 5.69 Å². The van der Waals surface area contributed by atoms with Gasteiger partial charge in [0.2, 0.25) is 0 Å². The minimum absolute atomic E-state index is 0.220. The van der Waals surface area contributed by atoms with E-state index in [1.807, 2.05) is 6.92 Å². The Labute approximate surface area is 108 Å².